The van der Waals surface area contributed by atoms with Gasteiger partial charge in [0.15, 0.2) is 0 Å². The Bertz CT molecular complexity index is 300. The Morgan fingerprint density at radius 3 is 2.71 bits per heavy atom. The highest BCUT2D eigenvalue weighted by Gasteiger charge is 2.26. The van der Waals surface area contributed by atoms with Gasteiger partial charge in [-0.3, -0.25) is 4.98 Å². The molecule has 1 saturated carbocycles. The van der Waals surface area contributed by atoms with Gasteiger partial charge in [-0.15, -0.1) is 12.4 Å². The molecule has 1 aliphatic rings. The second kappa shape index (κ2) is 4.96. The molecule has 0 unspecified atom stereocenters. The summed E-state index contributed by atoms with van der Waals surface area (Å²) in [5, 5.41) is 0.696. The van der Waals surface area contributed by atoms with Crippen molar-refractivity contribution in [2.24, 2.45) is 11.7 Å². The van der Waals surface area contributed by atoms with Gasteiger partial charge < -0.3 is 5.73 Å². The van der Waals surface area contributed by atoms with Gasteiger partial charge in [0.25, 0.3) is 0 Å². The lowest BCUT2D eigenvalue weighted by molar-refractivity contribution is 0.264. The van der Waals surface area contributed by atoms with Gasteiger partial charge in [0, 0.05) is 18.4 Å². The fraction of sp³-hybridized carbons (Fsp3) is 0.500. The first-order valence-corrected chi connectivity index (χ1v) is 5.02. The van der Waals surface area contributed by atoms with Crippen molar-refractivity contribution in [1.29, 1.82) is 0 Å². The predicted octanol–water partition coefficient (Wildman–Crippen LogP) is 2.96. The maximum absolute atomic E-state index is 6.09. The summed E-state index contributed by atoms with van der Waals surface area (Å²) in [5.41, 5.74) is 7.13. The van der Waals surface area contributed by atoms with Gasteiger partial charge in [-0.25, -0.2) is 0 Å². The molecule has 1 aromatic rings. The van der Waals surface area contributed by atoms with Gasteiger partial charge in [0.05, 0.1) is 5.02 Å². The van der Waals surface area contributed by atoms with Crippen molar-refractivity contribution >= 4 is 24.0 Å². The highest BCUT2D eigenvalue weighted by atomic mass is 35.5. The summed E-state index contributed by atoms with van der Waals surface area (Å²) < 4.78 is 0. The van der Waals surface area contributed by atoms with E-state index in [4.69, 9.17) is 17.3 Å². The van der Waals surface area contributed by atoms with Crippen LogP contribution in [0.5, 0.6) is 0 Å². The summed E-state index contributed by atoms with van der Waals surface area (Å²) >= 11 is 6.00. The van der Waals surface area contributed by atoms with Crippen molar-refractivity contribution in [1.82, 2.24) is 4.98 Å². The van der Waals surface area contributed by atoms with Crippen LogP contribution in [-0.2, 0) is 0 Å². The van der Waals surface area contributed by atoms with E-state index < -0.39 is 0 Å². The van der Waals surface area contributed by atoms with Crippen molar-refractivity contribution in [3.63, 3.8) is 0 Å². The zero-order valence-electron chi connectivity index (χ0n) is 7.82. The zero-order chi connectivity index (χ0) is 9.26. The molecule has 78 valence electrons. The minimum atomic E-state index is 0. The summed E-state index contributed by atoms with van der Waals surface area (Å²) in [7, 11) is 0. The molecule has 1 fully saturated rings. The molecule has 0 aliphatic heterocycles. The number of hydrogen-bond acceptors (Lipinski definition) is 2. The molecule has 0 aromatic carbocycles. The molecule has 14 heavy (non-hydrogen) atoms. The molecule has 2 nitrogen and oxygen atoms in total. The molecule has 1 atom stereocenters. The van der Waals surface area contributed by atoms with E-state index in [1.54, 1.807) is 12.4 Å². The van der Waals surface area contributed by atoms with E-state index in [9.17, 15) is 0 Å². The monoisotopic (exact) mass is 232 g/mol. The number of hydrogen-bond donors (Lipinski definition) is 1. The standard InChI is InChI=1S/C10H13ClN2.ClH/c11-9-6-13-5-4-8(9)10(12)7-2-1-3-7;/h4-7,10H,1-3,12H2;1H/t10-;/m0./s1. The highest BCUT2D eigenvalue weighted by molar-refractivity contribution is 6.31. The Hall–Kier alpha value is -0.310. The predicted molar refractivity (Wildman–Crippen MR) is 60.8 cm³/mol. The van der Waals surface area contributed by atoms with E-state index in [-0.39, 0.29) is 18.4 Å². The summed E-state index contributed by atoms with van der Waals surface area (Å²) in [6.07, 6.45) is 7.19. The highest BCUT2D eigenvalue weighted by Crippen LogP contribution is 2.37. The summed E-state index contributed by atoms with van der Waals surface area (Å²) in [4.78, 5) is 3.94. The minimum Gasteiger partial charge on any atom is -0.324 e. The van der Waals surface area contributed by atoms with Gasteiger partial charge in [-0.2, -0.15) is 0 Å². The quantitative estimate of drug-likeness (QED) is 0.852. The number of aromatic nitrogens is 1. The Labute approximate surface area is 95.3 Å². The second-order valence-corrected chi connectivity index (χ2v) is 4.02. The number of rotatable bonds is 2. The van der Waals surface area contributed by atoms with E-state index in [0.717, 1.165) is 5.56 Å². The molecule has 2 rings (SSSR count). The number of nitrogens with two attached hydrogens (primary N) is 1. The molecule has 4 heteroatoms. The molecule has 0 bridgehead atoms. The molecule has 0 radical (unpaired) electrons. The third kappa shape index (κ3) is 2.19. The SMILES string of the molecule is Cl.N[C@H](c1ccncc1Cl)C1CCC1. The first kappa shape index (κ1) is 11.8. The molecule has 0 spiro atoms. The van der Waals surface area contributed by atoms with Crippen LogP contribution in [0, 0.1) is 5.92 Å². The second-order valence-electron chi connectivity index (χ2n) is 3.61. The fourth-order valence-corrected chi connectivity index (χ4v) is 1.95. The summed E-state index contributed by atoms with van der Waals surface area (Å²) in [6.45, 7) is 0. The molecule has 1 aromatic heterocycles. The van der Waals surface area contributed by atoms with Gasteiger partial charge in [-0.05, 0) is 30.4 Å². The van der Waals surface area contributed by atoms with Crippen LogP contribution in [0.15, 0.2) is 18.5 Å². The molecular formula is C10H14Cl2N2. The lowest BCUT2D eigenvalue weighted by Crippen LogP contribution is -2.27. The number of halogens is 2. The van der Waals surface area contributed by atoms with Crippen LogP contribution >= 0.6 is 24.0 Å². The smallest absolute Gasteiger partial charge is 0.0637 e. The molecule has 1 heterocycles. The third-order valence-corrected chi connectivity index (χ3v) is 3.14. The van der Waals surface area contributed by atoms with E-state index in [1.165, 1.54) is 19.3 Å². The van der Waals surface area contributed by atoms with Crippen LogP contribution in [0.1, 0.15) is 30.9 Å². The van der Waals surface area contributed by atoms with E-state index >= 15 is 0 Å². The van der Waals surface area contributed by atoms with Crippen molar-refractivity contribution in [3.8, 4) is 0 Å². The van der Waals surface area contributed by atoms with Crippen molar-refractivity contribution in [2.75, 3.05) is 0 Å². The van der Waals surface area contributed by atoms with Gasteiger partial charge in [0.1, 0.15) is 0 Å². The van der Waals surface area contributed by atoms with Crippen LogP contribution in [0.2, 0.25) is 5.02 Å². The van der Waals surface area contributed by atoms with Crippen LogP contribution in [0.3, 0.4) is 0 Å². The van der Waals surface area contributed by atoms with Crippen LogP contribution in [0.25, 0.3) is 0 Å². The average molecular weight is 233 g/mol. The Morgan fingerprint density at radius 1 is 1.50 bits per heavy atom. The fourth-order valence-electron chi connectivity index (χ4n) is 1.71. The van der Waals surface area contributed by atoms with E-state index in [2.05, 4.69) is 4.98 Å². The molecule has 0 saturated heterocycles. The number of pyridine rings is 1. The topological polar surface area (TPSA) is 38.9 Å². The zero-order valence-corrected chi connectivity index (χ0v) is 9.39. The van der Waals surface area contributed by atoms with Crippen LogP contribution in [0.4, 0.5) is 0 Å². The maximum Gasteiger partial charge on any atom is 0.0637 e. The normalized spacial score (nSPS) is 18.1. The molecule has 0 amide bonds. The van der Waals surface area contributed by atoms with Gasteiger partial charge >= 0.3 is 0 Å². The van der Waals surface area contributed by atoms with Crippen molar-refractivity contribution in [2.45, 2.75) is 25.3 Å². The largest absolute Gasteiger partial charge is 0.324 e. The van der Waals surface area contributed by atoms with Crippen LogP contribution < -0.4 is 5.73 Å². The Balaban J connectivity index is 0.000000980. The number of nitrogens with zero attached hydrogens (tertiary/aromatic N) is 1. The lowest BCUT2D eigenvalue weighted by atomic mass is 9.78. The van der Waals surface area contributed by atoms with E-state index in [0.29, 0.717) is 10.9 Å². The van der Waals surface area contributed by atoms with Gasteiger partial charge in [0.2, 0.25) is 0 Å². The Morgan fingerprint density at radius 2 is 2.21 bits per heavy atom. The van der Waals surface area contributed by atoms with E-state index in [1.807, 2.05) is 6.07 Å². The Kier molecular flexibility index (Phi) is 4.17. The minimum absolute atomic E-state index is 0. The average Bonchev–Trinajstić information content (AvgIpc) is 2.01. The van der Waals surface area contributed by atoms with Crippen LogP contribution in [-0.4, -0.2) is 4.98 Å². The first-order chi connectivity index (χ1) is 6.29. The lowest BCUT2D eigenvalue weighted by Gasteiger charge is -2.31. The maximum atomic E-state index is 6.09. The molecular weight excluding hydrogens is 219 g/mol. The third-order valence-electron chi connectivity index (χ3n) is 2.82. The van der Waals surface area contributed by atoms with Crippen molar-refractivity contribution in [3.05, 3.63) is 29.0 Å². The summed E-state index contributed by atoms with van der Waals surface area (Å²) in [5.74, 6) is 0.625. The first-order valence-electron chi connectivity index (χ1n) is 4.64. The van der Waals surface area contributed by atoms with Gasteiger partial charge in [-0.1, -0.05) is 18.0 Å². The summed E-state index contributed by atoms with van der Waals surface area (Å²) in [6, 6.07) is 2.02. The molecule has 2 N–H and O–H groups in total. The molecule has 1 aliphatic carbocycles. The van der Waals surface area contributed by atoms with Crippen molar-refractivity contribution < 1.29 is 0 Å².